The largest absolute Gasteiger partial charge is 0.355 e. The average Bonchev–Trinajstić information content (AvgIpc) is 3.44. The van der Waals surface area contributed by atoms with Crippen molar-refractivity contribution in [3.05, 3.63) is 176 Å². The molecule has 0 saturated carbocycles. The summed E-state index contributed by atoms with van der Waals surface area (Å²) in [6.07, 6.45) is 0. The maximum absolute atomic E-state index is 3.68. The van der Waals surface area contributed by atoms with Crippen LogP contribution in [0.2, 0.25) is 0 Å². The maximum atomic E-state index is 3.68. The van der Waals surface area contributed by atoms with Gasteiger partial charge in [0.25, 0.3) is 0 Å². The van der Waals surface area contributed by atoms with Crippen molar-refractivity contribution in [3.8, 4) is 39.1 Å². The van der Waals surface area contributed by atoms with Gasteiger partial charge in [0.05, 0.1) is 11.0 Å². The van der Waals surface area contributed by atoms with Crippen molar-refractivity contribution >= 4 is 33.2 Å². The summed E-state index contributed by atoms with van der Waals surface area (Å²) in [5.74, 6) is 0. The Morgan fingerprint density at radius 1 is 0.386 bits per heavy atom. The van der Waals surface area contributed by atoms with Gasteiger partial charge in [-0.25, -0.2) is 0 Å². The molecule has 0 fully saturated rings. The Hall–Kier alpha value is -5.86. The van der Waals surface area contributed by atoms with Crippen LogP contribution in [0.5, 0.6) is 0 Å². The van der Waals surface area contributed by atoms with Gasteiger partial charge in [-0.3, -0.25) is 0 Å². The van der Waals surface area contributed by atoms with E-state index in [0.717, 1.165) is 22.6 Å². The summed E-state index contributed by atoms with van der Waals surface area (Å²) in [4.78, 5) is 0. The zero-order valence-corrected chi connectivity index (χ0v) is 24.2. The van der Waals surface area contributed by atoms with Gasteiger partial charge in [0, 0.05) is 39.0 Å². The van der Waals surface area contributed by atoms with E-state index in [-0.39, 0.29) is 0 Å². The molecule has 208 valence electrons. The first kappa shape index (κ1) is 25.8. The van der Waals surface area contributed by atoms with Gasteiger partial charge in [-0.2, -0.15) is 0 Å². The van der Waals surface area contributed by atoms with E-state index in [1.54, 1.807) is 0 Å². The lowest BCUT2D eigenvalue weighted by Gasteiger charge is -2.15. The molecule has 0 amide bonds. The van der Waals surface area contributed by atoms with Crippen molar-refractivity contribution in [2.24, 2.45) is 0 Å². The fraction of sp³-hybridized carbons (Fsp3) is 0. The molecular formula is C42H30N2. The number of benzene rings is 7. The summed E-state index contributed by atoms with van der Waals surface area (Å²) >= 11 is 0. The smallest absolute Gasteiger partial charge is 0.0619 e. The van der Waals surface area contributed by atoms with Gasteiger partial charge in [-0.15, -0.1) is 0 Å². The first-order chi connectivity index (χ1) is 21.8. The predicted molar refractivity (Wildman–Crippen MR) is 187 cm³/mol. The lowest BCUT2D eigenvalue weighted by molar-refractivity contribution is 1.18. The molecule has 8 rings (SSSR count). The van der Waals surface area contributed by atoms with Crippen LogP contribution >= 0.6 is 0 Å². The van der Waals surface area contributed by atoms with Crippen LogP contribution < -0.4 is 5.32 Å². The molecule has 0 aliphatic heterocycles. The molecule has 1 aromatic heterocycles. The molecule has 1 heterocycles. The Morgan fingerprint density at radius 3 is 1.77 bits per heavy atom. The molecule has 0 saturated heterocycles. The summed E-state index contributed by atoms with van der Waals surface area (Å²) in [6.45, 7) is 0. The molecule has 8 aromatic rings. The number of nitrogens with one attached hydrogen (secondary N) is 1. The van der Waals surface area contributed by atoms with Crippen LogP contribution in [0.15, 0.2) is 176 Å². The number of fused-ring (bicyclic) bond motifs is 3. The maximum Gasteiger partial charge on any atom is 0.0619 e. The second-order valence-corrected chi connectivity index (χ2v) is 11.1. The van der Waals surface area contributed by atoms with Gasteiger partial charge < -0.3 is 9.88 Å². The molecule has 0 atom stereocenters. The molecule has 2 heteroatoms. The number of anilines is 2. The monoisotopic (exact) mass is 562 g/mol. The summed E-state index contributed by atoms with van der Waals surface area (Å²) in [6, 6.07) is 62.7. The molecule has 0 spiro atoms. The Kier molecular flexibility index (Phi) is 6.51. The van der Waals surface area contributed by atoms with Gasteiger partial charge in [-0.05, 0) is 64.7 Å². The number of hydrogen-bond donors (Lipinski definition) is 1. The molecule has 0 bridgehead atoms. The van der Waals surface area contributed by atoms with Crippen LogP contribution in [0.3, 0.4) is 0 Å². The number of hydrogen-bond acceptors (Lipinski definition) is 1. The summed E-state index contributed by atoms with van der Waals surface area (Å²) in [5, 5.41) is 6.20. The molecule has 2 nitrogen and oxygen atoms in total. The van der Waals surface area contributed by atoms with Crippen LogP contribution in [0, 0.1) is 0 Å². The standard InChI is InChI=1S/C42H30N2/c1-3-13-30(14-4-1)31-25-27-34(28-26-31)43-40-23-9-7-19-36(40)32-15-11-16-33(29-32)37-21-12-22-39-38-20-8-10-24-41(38)44(42(37)39)35-17-5-2-6-18-35/h1-29,43H. The highest BCUT2D eigenvalue weighted by Gasteiger charge is 2.16. The van der Waals surface area contributed by atoms with E-state index in [2.05, 4.69) is 186 Å². The van der Waals surface area contributed by atoms with Gasteiger partial charge >= 0.3 is 0 Å². The quantitative estimate of drug-likeness (QED) is 0.213. The number of aromatic nitrogens is 1. The Labute approximate surface area is 257 Å². The summed E-state index contributed by atoms with van der Waals surface area (Å²) in [5.41, 5.74) is 12.9. The van der Waals surface area contributed by atoms with E-state index in [1.807, 2.05) is 0 Å². The third-order valence-electron chi connectivity index (χ3n) is 8.39. The molecule has 7 aromatic carbocycles. The van der Waals surface area contributed by atoms with E-state index in [0.29, 0.717) is 0 Å². The van der Waals surface area contributed by atoms with Gasteiger partial charge in [0.2, 0.25) is 0 Å². The van der Waals surface area contributed by atoms with Crippen molar-refractivity contribution in [1.29, 1.82) is 0 Å². The Bertz CT molecular complexity index is 2230. The van der Waals surface area contributed by atoms with Crippen molar-refractivity contribution < 1.29 is 0 Å². The molecule has 0 aliphatic carbocycles. The highest BCUT2D eigenvalue weighted by atomic mass is 15.0. The van der Waals surface area contributed by atoms with Crippen LogP contribution in [0.25, 0.3) is 60.9 Å². The van der Waals surface area contributed by atoms with Gasteiger partial charge in [0.15, 0.2) is 0 Å². The summed E-state index contributed by atoms with van der Waals surface area (Å²) in [7, 11) is 0. The van der Waals surface area contributed by atoms with Crippen molar-refractivity contribution in [1.82, 2.24) is 4.57 Å². The lowest BCUT2D eigenvalue weighted by Crippen LogP contribution is -1.95. The van der Waals surface area contributed by atoms with Crippen LogP contribution in [0.1, 0.15) is 0 Å². The fourth-order valence-electron chi connectivity index (χ4n) is 6.33. The third kappa shape index (κ3) is 4.63. The van der Waals surface area contributed by atoms with E-state index >= 15 is 0 Å². The van der Waals surface area contributed by atoms with Crippen molar-refractivity contribution in [2.45, 2.75) is 0 Å². The van der Waals surface area contributed by atoms with E-state index in [9.17, 15) is 0 Å². The molecule has 44 heavy (non-hydrogen) atoms. The lowest BCUT2D eigenvalue weighted by atomic mass is 9.96. The minimum atomic E-state index is 1.06. The average molecular weight is 563 g/mol. The number of para-hydroxylation sites is 4. The SMILES string of the molecule is c1ccc(-c2ccc(Nc3ccccc3-c3cccc(-c4cccc5c6ccccc6n(-c6ccccc6)c45)c3)cc2)cc1. The molecule has 0 aliphatic rings. The van der Waals surface area contributed by atoms with Crippen LogP contribution in [0.4, 0.5) is 11.4 Å². The van der Waals surface area contributed by atoms with Crippen LogP contribution in [-0.4, -0.2) is 4.57 Å². The fourth-order valence-corrected chi connectivity index (χ4v) is 6.33. The first-order valence-corrected chi connectivity index (χ1v) is 15.0. The van der Waals surface area contributed by atoms with E-state index in [1.165, 1.54) is 49.6 Å². The molecule has 0 radical (unpaired) electrons. The first-order valence-electron chi connectivity index (χ1n) is 15.0. The highest BCUT2D eigenvalue weighted by Crippen LogP contribution is 2.40. The number of nitrogens with zero attached hydrogens (tertiary/aromatic N) is 1. The highest BCUT2D eigenvalue weighted by molar-refractivity contribution is 6.13. The molecule has 0 unspecified atom stereocenters. The zero-order valence-electron chi connectivity index (χ0n) is 24.2. The zero-order chi connectivity index (χ0) is 29.3. The van der Waals surface area contributed by atoms with Crippen LogP contribution in [-0.2, 0) is 0 Å². The second kappa shape index (κ2) is 11.1. The Balaban J connectivity index is 1.21. The van der Waals surface area contributed by atoms with E-state index in [4.69, 9.17) is 0 Å². The molecular weight excluding hydrogens is 532 g/mol. The Morgan fingerprint density at radius 2 is 0.955 bits per heavy atom. The molecule has 1 N–H and O–H groups in total. The predicted octanol–water partition coefficient (Wildman–Crippen LogP) is 11.5. The topological polar surface area (TPSA) is 17.0 Å². The summed E-state index contributed by atoms with van der Waals surface area (Å²) < 4.78 is 2.40. The van der Waals surface area contributed by atoms with Crippen molar-refractivity contribution in [2.75, 3.05) is 5.32 Å². The van der Waals surface area contributed by atoms with Gasteiger partial charge in [0.1, 0.15) is 0 Å². The number of rotatable bonds is 6. The van der Waals surface area contributed by atoms with Gasteiger partial charge in [-0.1, -0.05) is 133 Å². The van der Waals surface area contributed by atoms with E-state index < -0.39 is 0 Å². The van der Waals surface area contributed by atoms with Crippen molar-refractivity contribution in [3.63, 3.8) is 0 Å². The minimum absolute atomic E-state index is 1.06. The minimum Gasteiger partial charge on any atom is -0.355 e. The normalized spacial score (nSPS) is 11.2. The third-order valence-corrected chi connectivity index (χ3v) is 8.39. The second-order valence-electron chi connectivity index (χ2n) is 11.1.